The van der Waals surface area contributed by atoms with E-state index in [2.05, 4.69) is 10.3 Å². The van der Waals surface area contributed by atoms with Gasteiger partial charge in [0.25, 0.3) is 0 Å². The Morgan fingerprint density at radius 3 is 2.62 bits per heavy atom. The minimum atomic E-state index is -0.542. The molecule has 8 heteroatoms. The van der Waals surface area contributed by atoms with Crippen LogP contribution in [0.3, 0.4) is 0 Å². The molecular formula is C24H31N3O5. The number of piperidine rings is 1. The molecule has 32 heavy (non-hydrogen) atoms. The van der Waals surface area contributed by atoms with Crippen molar-refractivity contribution in [1.82, 2.24) is 9.88 Å². The summed E-state index contributed by atoms with van der Waals surface area (Å²) in [6.07, 6.45) is 7.13. The average Bonchev–Trinajstić information content (AvgIpc) is 3.26. The van der Waals surface area contributed by atoms with Crippen LogP contribution < -0.4 is 5.32 Å². The van der Waals surface area contributed by atoms with Crippen LogP contribution in [0.15, 0.2) is 41.3 Å². The van der Waals surface area contributed by atoms with E-state index in [4.69, 9.17) is 13.9 Å². The highest BCUT2D eigenvalue weighted by Gasteiger charge is 2.54. The molecule has 172 valence electrons. The molecule has 4 rings (SSSR count). The third kappa shape index (κ3) is 5.60. The zero-order chi connectivity index (χ0) is 22.8. The van der Waals surface area contributed by atoms with Crippen LogP contribution in [0.1, 0.15) is 57.8 Å². The predicted molar refractivity (Wildman–Crippen MR) is 118 cm³/mol. The lowest BCUT2D eigenvalue weighted by Gasteiger charge is -2.40. The molecule has 0 radical (unpaired) electrons. The number of anilines is 1. The minimum absolute atomic E-state index is 0.0139. The minimum Gasteiger partial charge on any atom is -0.445 e. The molecular weight excluding hydrogens is 410 g/mol. The maximum Gasteiger partial charge on any atom is 0.412 e. The smallest absolute Gasteiger partial charge is 0.412 e. The molecule has 1 saturated heterocycles. The van der Waals surface area contributed by atoms with Gasteiger partial charge in [0.1, 0.15) is 5.60 Å². The lowest BCUT2D eigenvalue weighted by Crippen LogP contribution is -2.50. The molecule has 1 unspecified atom stereocenters. The van der Waals surface area contributed by atoms with Crippen LogP contribution >= 0.6 is 0 Å². The van der Waals surface area contributed by atoms with Crippen LogP contribution in [0.4, 0.5) is 15.3 Å². The number of amides is 2. The van der Waals surface area contributed by atoms with Gasteiger partial charge in [0.15, 0.2) is 18.8 Å². The Kier molecular flexibility index (Phi) is 6.13. The topological polar surface area (TPSA) is 93.9 Å². The van der Waals surface area contributed by atoms with Gasteiger partial charge in [0.05, 0.1) is 6.20 Å². The summed E-state index contributed by atoms with van der Waals surface area (Å²) in [5, 5.41) is 2.71. The van der Waals surface area contributed by atoms with Gasteiger partial charge in [0.2, 0.25) is 0 Å². The average molecular weight is 442 g/mol. The Hall–Kier alpha value is -3.03. The number of ether oxygens (including phenoxy) is 2. The lowest BCUT2D eigenvalue weighted by atomic mass is 9.84. The number of carbonyl (C=O) groups excluding carboxylic acids is 2. The number of nitrogens with zero attached hydrogens (tertiary/aromatic N) is 2. The van der Waals surface area contributed by atoms with Gasteiger partial charge in [-0.15, -0.1) is 0 Å². The van der Waals surface area contributed by atoms with Crippen molar-refractivity contribution in [3.05, 3.63) is 48.2 Å². The zero-order valence-corrected chi connectivity index (χ0v) is 18.9. The standard InChI is InChI=1S/C24H31N3O5/c1-23(2,3)32-22(29)27-11-8-18(13-24(27)9-10-24)12-17-4-6-19(7-5-17)26-21(28)30-15-20-14-25-16-31-20/h4-7,14,16,18H,8-13,15H2,1-3H3,(H,26,28). The second-order valence-corrected chi connectivity index (χ2v) is 9.79. The summed E-state index contributed by atoms with van der Waals surface area (Å²) >= 11 is 0. The quantitative estimate of drug-likeness (QED) is 0.690. The van der Waals surface area contributed by atoms with E-state index in [-0.39, 0.29) is 18.2 Å². The van der Waals surface area contributed by atoms with Crippen LogP contribution in [0.25, 0.3) is 0 Å². The van der Waals surface area contributed by atoms with E-state index in [0.717, 1.165) is 38.6 Å². The van der Waals surface area contributed by atoms with Crippen molar-refractivity contribution in [2.24, 2.45) is 5.92 Å². The highest BCUT2D eigenvalue weighted by molar-refractivity contribution is 5.84. The number of hydrogen-bond acceptors (Lipinski definition) is 6. The van der Waals surface area contributed by atoms with Gasteiger partial charge in [-0.3, -0.25) is 5.32 Å². The molecule has 1 saturated carbocycles. The number of carbonyl (C=O) groups is 2. The highest BCUT2D eigenvalue weighted by atomic mass is 16.6. The maximum absolute atomic E-state index is 12.6. The molecule has 2 aromatic rings. The molecule has 2 fully saturated rings. The Balaban J connectivity index is 1.26. The summed E-state index contributed by atoms with van der Waals surface area (Å²) in [6.45, 7) is 6.51. The number of likely N-dealkylation sites (tertiary alicyclic amines) is 1. The van der Waals surface area contributed by atoms with Gasteiger partial charge in [-0.25, -0.2) is 14.6 Å². The molecule has 1 N–H and O–H groups in total. The van der Waals surface area contributed by atoms with Gasteiger partial charge < -0.3 is 18.8 Å². The largest absolute Gasteiger partial charge is 0.445 e. The van der Waals surface area contributed by atoms with Gasteiger partial charge in [-0.1, -0.05) is 12.1 Å². The van der Waals surface area contributed by atoms with Gasteiger partial charge >= 0.3 is 12.2 Å². The van der Waals surface area contributed by atoms with Gasteiger partial charge in [-0.2, -0.15) is 0 Å². The first-order chi connectivity index (χ1) is 15.2. The lowest BCUT2D eigenvalue weighted by molar-refractivity contribution is -0.000197. The summed E-state index contributed by atoms with van der Waals surface area (Å²) < 4.78 is 15.8. The number of rotatable bonds is 5. The van der Waals surface area contributed by atoms with E-state index in [1.165, 1.54) is 18.2 Å². The summed E-state index contributed by atoms with van der Waals surface area (Å²) in [6, 6.07) is 7.83. The summed E-state index contributed by atoms with van der Waals surface area (Å²) in [5.41, 5.74) is 1.41. The Labute approximate surface area is 188 Å². The number of aromatic nitrogens is 1. The monoisotopic (exact) mass is 441 g/mol. The Bertz CT molecular complexity index is 930. The molecule has 1 spiro atoms. The molecule has 0 bridgehead atoms. The Morgan fingerprint density at radius 1 is 1.25 bits per heavy atom. The first-order valence-electron chi connectivity index (χ1n) is 11.1. The molecule has 1 atom stereocenters. The molecule has 8 nitrogen and oxygen atoms in total. The first-order valence-corrected chi connectivity index (χ1v) is 11.1. The summed E-state index contributed by atoms with van der Waals surface area (Å²) in [4.78, 5) is 30.3. The van der Waals surface area contributed by atoms with E-state index in [1.54, 1.807) is 0 Å². The van der Waals surface area contributed by atoms with Crippen molar-refractivity contribution >= 4 is 17.9 Å². The number of benzene rings is 1. The SMILES string of the molecule is CC(C)(C)OC(=O)N1CCC(Cc2ccc(NC(=O)OCc3cnco3)cc2)CC12CC2. The van der Waals surface area contributed by atoms with E-state index in [0.29, 0.717) is 17.4 Å². The highest BCUT2D eigenvalue weighted by Crippen LogP contribution is 2.51. The maximum atomic E-state index is 12.6. The molecule has 1 aromatic heterocycles. The molecule has 2 heterocycles. The fraction of sp³-hybridized carbons (Fsp3) is 0.542. The van der Waals surface area contributed by atoms with Crippen LogP contribution in [0, 0.1) is 5.92 Å². The predicted octanol–water partition coefficient (Wildman–Crippen LogP) is 5.15. The van der Waals surface area contributed by atoms with Crippen molar-refractivity contribution < 1.29 is 23.5 Å². The Morgan fingerprint density at radius 2 is 2.00 bits per heavy atom. The van der Waals surface area contributed by atoms with E-state index < -0.39 is 11.7 Å². The van der Waals surface area contributed by atoms with Crippen LogP contribution in [-0.4, -0.2) is 39.8 Å². The number of hydrogen-bond donors (Lipinski definition) is 1. The molecule has 1 aromatic carbocycles. The molecule has 2 amide bonds. The van der Waals surface area contributed by atoms with Crippen molar-refractivity contribution in [2.75, 3.05) is 11.9 Å². The fourth-order valence-corrected chi connectivity index (χ4v) is 4.35. The van der Waals surface area contributed by atoms with Gasteiger partial charge in [0, 0.05) is 17.8 Å². The zero-order valence-electron chi connectivity index (χ0n) is 18.9. The summed E-state index contributed by atoms with van der Waals surface area (Å²) in [5.74, 6) is 1.02. The second kappa shape index (κ2) is 8.84. The van der Waals surface area contributed by atoms with Crippen molar-refractivity contribution in [3.63, 3.8) is 0 Å². The van der Waals surface area contributed by atoms with Crippen molar-refractivity contribution in [3.8, 4) is 0 Å². The van der Waals surface area contributed by atoms with Crippen molar-refractivity contribution in [1.29, 1.82) is 0 Å². The number of nitrogens with one attached hydrogen (secondary N) is 1. The van der Waals surface area contributed by atoms with Crippen LogP contribution in [-0.2, 0) is 22.5 Å². The second-order valence-electron chi connectivity index (χ2n) is 9.79. The summed E-state index contributed by atoms with van der Waals surface area (Å²) in [7, 11) is 0. The number of oxazole rings is 1. The first kappa shape index (κ1) is 22.2. The van der Waals surface area contributed by atoms with Crippen LogP contribution in [0.5, 0.6) is 0 Å². The van der Waals surface area contributed by atoms with E-state index in [9.17, 15) is 9.59 Å². The van der Waals surface area contributed by atoms with Crippen LogP contribution in [0.2, 0.25) is 0 Å². The fourth-order valence-electron chi connectivity index (χ4n) is 4.35. The third-order valence-electron chi connectivity index (χ3n) is 6.00. The third-order valence-corrected chi connectivity index (χ3v) is 6.00. The van der Waals surface area contributed by atoms with Crippen molar-refractivity contribution in [2.45, 2.75) is 70.6 Å². The molecule has 2 aliphatic rings. The van der Waals surface area contributed by atoms with E-state index in [1.807, 2.05) is 49.9 Å². The van der Waals surface area contributed by atoms with E-state index >= 15 is 0 Å². The molecule has 1 aliphatic carbocycles. The van der Waals surface area contributed by atoms with Gasteiger partial charge in [-0.05, 0) is 76.5 Å². The normalized spacial score (nSPS) is 19.5. The molecule has 1 aliphatic heterocycles.